The van der Waals surface area contributed by atoms with Gasteiger partial charge in [-0.2, -0.15) is 0 Å². The molecule has 9 nitrogen and oxygen atoms in total. The largest absolute Gasteiger partial charge is 0.492 e. The lowest BCUT2D eigenvalue weighted by molar-refractivity contribution is -0.152. The summed E-state index contributed by atoms with van der Waals surface area (Å²) in [6.07, 6.45) is 0.234. The van der Waals surface area contributed by atoms with Crippen molar-refractivity contribution >= 4 is 28.7 Å². The standard InChI is InChI=1S/C16H21ClN2O7/c1-2-24-12-7-13-11(6-10(12)17)19(15(23)26-13)8-16(18,9-21)14(22)25-5-3-4-20/h6-7,20-21H,2-5,8-9,18H2,1H3. The summed E-state index contributed by atoms with van der Waals surface area (Å²) in [4.78, 5) is 24.4. The zero-order chi connectivity index (χ0) is 19.3. The number of carbonyl (C=O) groups excluding carboxylic acids is 1. The van der Waals surface area contributed by atoms with Gasteiger partial charge < -0.3 is 29.8 Å². The number of carbonyl (C=O) groups is 1. The summed E-state index contributed by atoms with van der Waals surface area (Å²) in [5.74, 6) is -1.31. The van der Waals surface area contributed by atoms with Crippen LogP contribution in [0, 0.1) is 0 Å². The van der Waals surface area contributed by atoms with Crippen molar-refractivity contribution in [1.82, 2.24) is 4.57 Å². The van der Waals surface area contributed by atoms with E-state index in [1.54, 1.807) is 6.92 Å². The highest BCUT2D eigenvalue weighted by molar-refractivity contribution is 6.32. The lowest BCUT2D eigenvalue weighted by Gasteiger charge is -2.25. The van der Waals surface area contributed by atoms with E-state index < -0.39 is 23.9 Å². The number of fused-ring (bicyclic) bond motifs is 1. The normalized spacial score (nSPS) is 13.6. The molecule has 0 saturated carbocycles. The number of oxazole rings is 1. The molecule has 10 heteroatoms. The summed E-state index contributed by atoms with van der Waals surface area (Å²) >= 11 is 6.14. The first-order valence-corrected chi connectivity index (χ1v) is 8.37. The van der Waals surface area contributed by atoms with E-state index in [1.165, 1.54) is 12.1 Å². The van der Waals surface area contributed by atoms with Crippen LogP contribution in [0.25, 0.3) is 11.1 Å². The van der Waals surface area contributed by atoms with E-state index in [1.807, 2.05) is 0 Å². The molecule has 0 radical (unpaired) electrons. The Morgan fingerprint density at radius 2 is 2.15 bits per heavy atom. The monoisotopic (exact) mass is 388 g/mol. The third-order valence-corrected chi connectivity index (χ3v) is 3.98. The molecule has 0 fully saturated rings. The van der Waals surface area contributed by atoms with Crippen molar-refractivity contribution < 1.29 is 28.9 Å². The Morgan fingerprint density at radius 1 is 1.42 bits per heavy atom. The Kier molecular flexibility index (Phi) is 6.65. The molecule has 0 aliphatic heterocycles. The van der Waals surface area contributed by atoms with Crippen LogP contribution in [0.4, 0.5) is 0 Å². The molecule has 1 unspecified atom stereocenters. The molecule has 144 valence electrons. The van der Waals surface area contributed by atoms with E-state index in [4.69, 9.17) is 36.3 Å². The minimum absolute atomic E-state index is 0.0567. The molecule has 0 amide bonds. The van der Waals surface area contributed by atoms with Crippen LogP contribution >= 0.6 is 11.6 Å². The fraction of sp³-hybridized carbons (Fsp3) is 0.500. The Morgan fingerprint density at radius 3 is 2.77 bits per heavy atom. The lowest BCUT2D eigenvalue weighted by atomic mass is 10.0. The maximum Gasteiger partial charge on any atom is 0.420 e. The van der Waals surface area contributed by atoms with Crippen molar-refractivity contribution in [1.29, 1.82) is 0 Å². The first-order chi connectivity index (χ1) is 12.4. The number of esters is 1. The predicted molar refractivity (Wildman–Crippen MR) is 93.3 cm³/mol. The molecule has 26 heavy (non-hydrogen) atoms. The molecule has 1 heterocycles. The Labute approximate surface area is 153 Å². The number of aliphatic hydroxyl groups excluding tert-OH is 2. The van der Waals surface area contributed by atoms with Gasteiger partial charge in [0.1, 0.15) is 5.75 Å². The number of ether oxygens (including phenoxy) is 2. The molecule has 0 bridgehead atoms. The second kappa shape index (κ2) is 8.54. The molecule has 1 atom stereocenters. The van der Waals surface area contributed by atoms with Gasteiger partial charge in [0.2, 0.25) is 0 Å². The van der Waals surface area contributed by atoms with E-state index in [9.17, 15) is 14.7 Å². The molecule has 4 N–H and O–H groups in total. The second-order valence-corrected chi connectivity index (χ2v) is 6.07. The average molecular weight is 389 g/mol. The van der Waals surface area contributed by atoms with Gasteiger partial charge in [0.15, 0.2) is 11.1 Å². The van der Waals surface area contributed by atoms with E-state index in [-0.39, 0.29) is 36.8 Å². The predicted octanol–water partition coefficient (Wildman–Crippen LogP) is 0.262. The smallest absolute Gasteiger partial charge is 0.420 e. The van der Waals surface area contributed by atoms with Gasteiger partial charge in [-0.15, -0.1) is 0 Å². The number of hydrogen-bond acceptors (Lipinski definition) is 8. The van der Waals surface area contributed by atoms with E-state index in [0.29, 0.717) is 17.9 Å². The topological polar surface area (TPSA) is 137 Å². The minimum Gasteiger partial charge on any atom is -0.492 e. The third kappa shape index (κ3) is 4.18. The maximum absolute atomic E-state index is 12.2. The molecule has 1 aromatic heterocycles. The van der Waals surface area contributed by atoms with Gasteiger partial charge in [0, 0.05) is 19.1 Å². The Balaban J connectivity index is 2.36. The quantitative estimate of drug-likeness (QED) is 0.411. The van der Waals surface area contributed by atoms with Gasteiger partial charge in [0.05, 0.1) is 36.9 Å². The second-order valence-electron chi connectivity index (χ2n) is 5.66. The van der Waals surface area contributed by atoms with Crippen molar-refractivity contribution in [2.24, 2.45) is 5.73 Å². The number of rotatable bonds is 9. The highest BCUT2D eigenvalue weighted by Crippen LogP contribution is 2.30. The van der Waals surface area contributed by atoms with Crippen molar-refractivity contribution in [3.8, 4) is 5.75 Å². The highest BCUT2D eigenvalue weighted by Gasteiger charge is 2.37. The molecule has 1 aromatic carbocycles. The Bertz CT molecular complexity index is 832. The van der Waals surface area contributed by atoms with Crippen LogP contribution in [0.1, 0.15) is 13.3 Å². The summed E-state index contributed by atoms with van der Waals surface area (Å²) in [6, 6.07) is 2.93. The van der Waals surface area contributed by atoms with E-state index in [0.717, 1.165) is 4.57 Å². The maximum atomic E-state index is 12.2. The van der Waals surface area contributed by atoms with Gasteiger partial charge in [-0.05, 0) is 13.0 Å². The summed E-state index contributed by atoms with van der Waals surface area (Å²) in [7, 11) is 0. The van der Waals surface area contributed by atoms with Crippen molar-refractivity contribution in [2.45, 2.75) is 25.4 Å². The molecular formula is C16H21ClN2O7. The van der Waals surface area contributed by atoms with Crippen LogP contribution in [0.3, 0.4) is 0 Å². The van der Waals surface area contributed by atoms with Crippen molar-refractivity contribution in [3.63, 3.8) is 0 Å². The minimum atomic E-state index is -1.86. The van der Waals surface area contributed by atoms with Crippen LogP contribution < -0.4 is 16.2 Å². The van der Waals surface area contributed by atoms with Crippen LogP contribution in [-0.4, -0.2) is 52.7 Å². The molecule has 0 spiro atoms. The molecule has 2 aromatic rings. The lowest BCUT2D eigenvalue weighted by Crippen LogP contribution is -2.56. The zero-order valence-electron chi connectivity index (χ0n) is 14.2. The SMILES string of the molecule is CCOc1cc2oc(=O)n(CC(N)(CO)C(=O)OCCCO)c2cc1Cl. The van der Waals surface area contributed by atoms with Gasteiger partial charge in [0.25, 0.3) is 0 Å². The van der Waals surface area contributed by atoms with Gasteiger partial charge in [-0.1, -0.05) is 11.6 Å². The number of nitrogens with two attached hydrogens (primary N) is 1. The van der Waals surface area contributed by atoms with Crippen molar-refractivity contribution in [2.75, 3.05) is 26.4 Å². The number of halogens is 1. The van der Waals surface area contributed by atoms with E-state index >= 15 is 0 Å². The zero-order valence-corrected chi connectivity index (χ0v) is 15.0. The van der Waals surface area contributed by atoms with Gasteiger partial charge in [-0.3, -0.25) is 4.57 Å². The summed E-state index contributed by atoms with van der Waals surface area (Å²) in [5, 5.41) is 18.6. The summed E-state index contributed by atoms with van der Waals surface area (Å²) in [6.45, 7) is 0.822. The number of benzene rings is 1. The van der Waals surface area contributed by atoms with E-state index in [2.05, 4.69) is 0 Å². The van der Waals surface area contributed by atoms with Crippen LogP contribution in [0.5, 0.6) is 5.75 Å². The summed E-state index contributed by atoms with van der Waals surface area (Å²) < 4.78 is 16.5. The number of hydrogen-bond donors (Lipinski definition) is 3. The van der Waals surface area contributed by atoms with Gasteiger partial charge in [-0.25, -0.2) is 9.59 Å². The van der Waals surface area contributed by atoms with Crippen molar-refractivity contribution in [3.05, 3.63) is 27.7 Å². The number of aliphatic hydroxyl groups is 2. The molecule has 0 aliphatic rings. The summed E-state index contributed by atoms with van der Waals surface area (Å²) in [5.41, 5.74) is 4.59. The van der Waals surface area contributed by atoms with Gasteiger partial charge >= 0.3 is 11.7 Å². The first-order valence-electron chi connectivity index (χ1n) is 7.99. The number of aromatic nitrogens is 1. The van der Waals surface area contributed by atoms with Crippen LogP contribution in [0.2, 0.25) is 5.02 Å². The Hall–Kier alpha value is -2.07. The molecule has 0 aliphatic carbocycles. The van der Waals surface area contributed by atoms with Crippen LogP contribution in [-0.2, 0) is 16.1 Å². The number of nitrogens with zero attached hydrogens (tertiary/aromatic N) is 1. The molecular weight excluding hydrogens is 368 g/mol. The first kappa shape index (κ1) is 20.2. The molecule has 0 saturated heterocycles. The fourth-order valence-electron chi connectivity index (χ4n) is 2.31. The average Bonchev–Trinajstić information content (AvgIpc) is 2.90. The fourth-order valence-corrected chi connectivity index (χ4v) is 2.53. The van der Waals surface area contributed by atoms with Crippen LogP contribution in [0.15, 0.2) is 21.3 Å². The molecule has 2 rings (SSSR count). The highest BCUT2D eigenvalue weighted by atomic mass is 35.5. The third-order valence-electron chi connectivity index (χ3n) is 3.69.